The summed E-state index contributed by atoms with van der Waals surface area (Å²) in [5, 5.41) is 6.62. The molecule has 0 spiro atoms. The van der Waals surface area contributed by atoms with Gasteiger partial charge in [-0.2, -0.15) is 0 Å². The maximum absolute atomic E-state index is 12.3. The van der Waals surface area contributed by atoms with Crippen molar-refractivity contribution in [1.29, 1.82) is 0 Å². The molecule has 1 amide bonds. The molecule has 1 saturated heterocycles. The lowest BCUT2D eigenvalue weighted by Gasteiger charge is -2.40. The van der Waals surface area contributed by atoms with Crippen LogP contribution in [-0.2, 0) is 10.2 Å². The number of benzene rings is 2. The topological polar surface area (TPSA) is 50.4 Å². The predicted molar refractivity (Wildman–Crippen MR) is 142 cm³/mol. The van der Waals surface area contributed by atoms with Crippen LogP contribution in [0.15, 0.2) is 48.5 Å². The Kier molecular flexibility index (Phi) is 9.18. The van der Waals surface area contributed by atoms with E-state index in [0.717, 1.165) is 25.7 Å². The van der Waals surface area contributed by atoms with Crippen molar-refractivity contribution >= 4 is 6.09 Å². The van der Waals surface area contributed by atoms with Crippen LogP contribution in [0, 0.1) is 0 Å². The molecule has 4 heteroatoms. The smallest absolute Gasteiger partial charge is 0.407 e. The Morgan fingerprint density at radius 2 is 1.50 bits per heavy atom. The summed E-state index contributed by atoms with van der Waals surface area (Å²) in [6.07, 6.45) is 3.36. The monoisotopic (exact) mass is 464 g/mol. The average Bonchev–Trinajstić information content (AvgIpc) is 3.29. The highest BCUT2D eigenvalue weighted by Gasteiger charge is 2.45. The highest BCUT2D eigenvalue weighted by Crippen LogP contribution is 2.43. The summed E-state index contributed by atoms with van der Waals surface area (Å²) in [7, 11) is 0. The molecule has 1 unspecified atom stereocenters. The van der Waals surface area contributed by atoms with Gasteiger partial charge in [-0.05, 0) is 46.9 Å². The first-order chi connectivity index (χ1) is 16.3. The fourth-order valence-corrected chi connectivity index (χ4v) is 5.28. The molecule has 0 saturated carbocycles. The van der Waals surface area contributed by atoms with Crippen molar-refractivity contribution in [2.75, 3.05) is 13.1 Å². The predicted octanol–water partition coefficient (Wildman–Crippen LogP) is 6.89. The molecule has 0 aromatic heterocycles. The number of nitrogens with one attached hydrogen (secondary N) is 2. The van der Waals surface area contributed by atoms with Gasteiger partial charge in [0, 0.05) is 31.0 Å². The molecule has 0 bridgehead atoms. The van der Waals surface area contributed by atoms with Crippen LogP contribution >= 0.6 is 0 Å². The summed E-state index contributed by atoms with van der Waals surface area (Å²) in [4.78, 5) is 12.3. The Labute approximate surface area is 206 Å². The van der Waals surface area contributed by atoms with Gasteiger partial charge in [0.25, 0.3) is 0 Å². The summed E-state index contributed by atoms with van der Waals surface area (Å²) in [6, 6.07) is 18.5. The molecule has 0 aliphatic carbocycles. The number of alkyl carbamates (subject to hydrolysis) is 1. The number of rotatable bonds is 10. The Morgan fingerprint density at radius 3 is 1.94 bits per heavy atom. The standard InChI is InChI=1S/C30H44N2O2/c1-7-9-18-31-29(33)34-27-19-28(32-20-27)30(8-2,25-14-10-23(11-15-25)21(3)4)26-16-12-24(13-17-26)22(5)6/h10-17,21-22,27-28,32H,7-9,18-20H2,1-6H3,(H,31,33)/t27-,28?/m1/s1. The van der Waals surface area contributed by atoms with Crippen molar-refractivity contribution < 1.29 is 9.53 Å². The highest BCUT2D eigenvalue weighted by atomic mass is 16.6. The number of amides is 1. The van der Waals surface area contributed by atoms with Gasteiger partial charge in [-0.15, -0.1) is 0 Å². The Balaban J connectivity index is 1.91. The molecule has 1 aliphatic rings. The Bertz CT molecular complexity index is 851. The molecule has 1 heterocycles. The number of carbonyl (C=O) groups is 1. The SMILES string of the molecule is CCCCNC(=O)O[C@H]1CNC(C(CC)(c2ccc(C(C)C)cc2)c2ccc(C(C)C)cc2)C1. The van der Waals surface area contributed by atoms with E-state index in [0.29, 0.717) is 24.9 Å². The summed E-state index contributed by atoms with van der Waals surface area (Å²) in [5.74, 6) is 1.01. The Hall–Kier alpha value is -2.33. The quantitative estimate of drug-likeness (QED) is 0.377. The summed E-state index contributed by atoms with van der Waals surface area (Å²) >= 11 is 0. The van der Waals surface area contributed by atoms with E-state index in [2.05, 4.69) is 101 Å². The summed E-state index contributed by atoms with van der Waals surface area (Å²) < 4.78 is 5.79. The first-order valence-corrected chi connectivity index (χ1v) is 13.2. The first kappa shape index (κ1) is 26.3. The molecule has 1 aliphatic heterocycles. The zero-order valence-corrected chi connectivity index (χ0v) is 22.0. The van der Waals surface area contributed by atoms with E-state index in [9.17, 15) is 4.79 Å². The van der Waals surface area contributed by atoms with Crippen LogP contribution in [0.25, 0.3) is 0 Å². The first-order valence-electron chi connectivity index (χ1n) is 13.2. The van der Waals surface area contributed by atoms with E-state index >= 15 is 0 Å². The minimum atomic E-state index is -0.300. The van der Waals surface area contributed by atoms with E-state index in [1.54, 1.807) is 0 Å². The zero-order valence-electron chi connectivity index (χ0n) is 22.0. The van der Waals surface area contributed by atoms with Crippen LogP contribution in [0.2, 0.25) is 0 Å². The van der Waals surface area contributed by atoms with Crippen molar-refractivity contribution in [2.45, 2.75) is 96.6 Å². The van der Waals surface area contributed by atoms with E-state index in [1.807, 2.05) is 0 Å². The fraction of sp³-hybridized carbons (Fsp3) is 0.567. The van der Waals surface area contributed by atoms with Gasteiger partial charge in [-0.3, -0.25) is 0 Å². The number of hydrogen-bond acceptors (Lipinski definition) is 3. The lowest BCUT2D eigenvalue weighted by Crippen LogP contribution is -2.46. The zero-order chi connectivity index (χ0) is 24.7. The van der Waals surface area contributed by atoms with E-state index in [4.69, 9.17) is 4.74 Å². The minimum absolute atomic E-state index is 0.123. The van der Waals surface area contributed by atoms with Crippen LogP contribution in [0.5, 0.6) is 0 Å². The molecule has 34 heavy (non-hydrogen) atoms. The maximum atomic E-state index is 12.3. The van der Waals surface area contributed by atoms with Gasteiger partial charge in [0.2, 0.25) is 0 Å². The third-order valence-electron chi connectivity index (χ3n) is 7.50. The minimum Gasteiger partial charge on any atom is -0.445 e. The van der Waals surface area contributed by atoms with Crippen molar-refractivity contribution in [1.82, 2.24) is 10.6 Å². The third-order valence-corrected chi connectivity index (χ3v) is 7.50. The van der Waals surface area contributed by atoms with Gasteiger partial charge in [0.1, 0.15) is 6.10 Å². The number of hydrogen-bond donors (Lipinski definition) is 2. The van der Waals surface area contributed by atoms with Crippen molar-refractivity contribution in [2.24, 2.45) is 0 Å². The van der Waals surface area contributed by atoms with Crippen molar-refractivity contribution in [3.63, 3.8) is 0 Å². The molecule has 0 radical (unpaired) electrons. The van der Waals surface area contributed by atoms with E-state index in [1.165, 1.54) is 22.3 Å². The lowest BCUT2D eigenvalue weighted by molar-refractivity contribution is 0.104. The number of ether oxygens (including phenoxy) is 1. The summed E-state index contributed by atoms with van der Waals surface area (Å²) in [5.41, 5.74) is 5.16. The van der Waals surface area contributed by atoms with Crippen molar-refractivity contribution in [3.05, 3.63) is 70.8 Å². The maximum Gasteiger partial charge on any atom is 0.407 e. The molecule has 2 atom stereocenters. The normalized spacial score (nSPS) is 18.5. The molecule has 4 nitrogen and oxygen atoms in total. The van der Waals surface area contributed by atoms with Gasteiger partial charge in [0.15, 0.2) is 0 Å². The van der Waals surface area contributed by atoms with Crippen LogP contribution in [0.3, 0.4) is 0 Å². The molecule has 2 aromatic carbocycles. The molecule has 186 valence electrons. The molecule has 1 fully saturated rings. The summed E-state index contributed by atoms with van der Waals surface area (Å²) in [6.45, 7) is 14.7. The molecule has 2 N–H and O–H groups in total. The van der Waals surface area contributed by atoms with Crippen LogP contribution in [-0.4, -0.2) is 31.3 Å². The fourth-order valence-electron chi connectivity index (χ4n) is 5.28. The van der Waals surface area contributed by atoms with Crippen molar-refractivity contribution in [3.8, 4) is 0 Å². The third kappa shape index (κ3) is 5.83. The molecule has 2 aromatic rings. The van der Waals surface area contributed by atoms with E-state index < -0.39 is 0 Å². The second kappa shape index (κ2) is 11.9. The van der Waals surface area contributed by atoms with Crippen LogP contribution in [0.4, 0.5) is 4.79 Å². The van der Waals surface area contributed by atoms with Gasteiger partial charge < -0.3 is 15.4 Å². The second-order valence-corrected chi connectivity index (χ2v) is 10.4. The molecule has 3 rings (SSSR count). The van der Waals surface area contributed by atoms with Gasteiger partial charge in [0.05, 0.1) is 0 Å². The van der Waals surface area contributed by atoms with Crippen LogP contribution in [0.1, 0.15) is 101 Å². The van der Waals surface area contributed by atoms with Gasteiger partial charge >= 0.3 is 6.09 Å². The number of carbonyl (C=O) groups excluding carboxylic acids is 1. The van der Waals surface area contributed by atoms with Gasteiger partial charge in [-0.25, -0.2) is 4.79 Å². The van der Waals surface area contributed by atoms with E-state index in [-0.39, 0.29) is 23.7 Å². The Morgan fingerprint density at radius 1 is 0.971 bits per heavy atom. The average molecular weight is 465 g/mol. The molecular formula is C30H44N2O2. The second-order valence-electron chi connectivity index (χ2n) is 10.4. The number of unbranched alkanes of at least 4 members (excludes halogenated alkanes) is 1. The lowest BCUT2D eigenvalue weighted by atomic mass is 9.66. The van der Waals surface area contributed by atoms with Crippen LogP contribution < -0.4 is 10.6 Å². The molecular weight excluding hydrogens is 420 g/mol. The van der Waals surface area contributed by atoms with Gasteiger partial charge in [-0.1, -0.05) is 96.5 Å². The highest BCUT2D eigenvalue weighted by molar-refractivity contribution is 5.67. The largest absolute Gasteiger partial charge is 0.445 e.